The highest BCUT2D eigenvalue weighted by Crippen LogP contribution is 2.17. The second kappa shape index (κ2) is 7.76. The van der Waals surface area contributed by atoms with E-state index >= 15 is 0 Å². The smallest absolute Gasteiger partial charge is 0.251 e. The first kappa shape index (κ1) is 16.2. The monoisotopic (exact) mass is 409 g/mol. The first-order valence-electron chi connectivity index (χ1n) is 6.77. The predicted octanol–water partition coefficient (Wildman–Crippen LogP) is 4.49. The molecular weight excluding hydrogens is 394 g/mol. The zero-order chi connectivity index (χ0) is 15.2. The van der Waals surface area contributed by atoms with E-state index in [4.69, 9.17) is 0 Å². The Morgan fingerprint density at radius 3 is 2.52 bits per heavy atom. The van der Waals surface area contributed by atoms with Crippen LogP contribution in [0, 0.1) is 6.92 Å². The SMILES string of the molecule is Cc1ccc(C(=O)NC(CBr)Cc2ccccc2)cc1Br. The van der Waals surface area contributed by atoms with E-state index in [0.717, 1.165) is 21.8 Å². The molecule has 1 atom stereocenters. The average molecular weight is 411 g/mol. The minimum Gasteiger partial charge on any atom is -0.348 e. The van der Waals surface area contributed by atoms with E-state index in [1.54, 1.807) is 0 Å². The molecule has 2 rings (SSSR count). The summed E-state index contributed by atoms with van der Waals surface area (Å²) >= 11 is 6.94. The van der Waals surface area contributed by atoms with Crippen LogP contribution in [0.4, 0.5) is 0 Å². The summed E-state index contributed by atoms with van der Waals surface area (Å²) in [6.45, 7) is 2.00. The lowest BCUT2D eigenvalue weighted by Gasteiger charge is -2.16. The topological polar surface area (TPSA) is 29.1 Å². The van der Waals surface area contributed by atoms with Crippen molar-refractivity contribution in [3.05, 3.63) is 69.7 Å². The molecule has 2 aromatic carbocycles. The minimum atomic E-state index is -0.0453. The molecule has 1 unspecified atom stereocenters. The number of benzene rings is 2. The van der Waals surface area contributed by atoms with Gasteiger partial charge in [0.15, 0.2) is 0 Å². The lowest BCUT2D eigenvalue weighted by molar-refractivity contribution is 0.0941. The molecule has 0 spiro atoms. The number of alkyl halides is 1. The number of amides is 1. The molecular formula is C17H17Br2NO. The highest BCUT2D eigenvalue weighted by atomic mass is 79.9. The van der Waals surface area contributed by atoms with Crippen LogP contribution in [0.25, 0.3) is 0 Å². The van der Waals surface area contributed by atoms with Crippen molar-refractivity contribution in [2.45, 2.75) is 19.4 Å². The Kier molecular flexibility index (Phi) is 6.00. The maximum absolute atomic E-state index is 12.3. The molecule has 0 radical (unpaired) electrons. The van der Waals surface area contributed by atoms with Crippen LogP contribution in [0.1, 0.15) is 21.5 Å². The zero-order valence-electron chi connectivity index (χ0n) is 11.8. The van der Waals surface area contributed by atoms with Gasteiger partial charge in [-0.1, -0.05) is 68.3 Å². The third-order valence-electron chi connectivity index (χ3n) is 3.28. The molecule has 1 amide bonds. The summed E-state index contributed by atoms with van der Waals surface area (Å²) < 4.78 is 0.952. The van der Waals surface area contributed by atoms with E-state index in [9.17, 15) is 4.79 Å². The molecule has 0 bridgehead atoms. The molecule has 0 aliphatic heterocycles. The van der Waals surface area contributed by atoms with Gasteiger partial charge in [-0.05, 0) is 36.6 Å². The zero-order valence-corrected chi connectivity index (χ0v) is 14.9. The fourth-order valence-corrected chi connectivity index (χ4v) is 2.82. The van der Waals surface area contributed by atoms with E-state index in [1.165, 1.54) is 5.56 Å². The van der Waals surface area contributed by atoms with Gasteiger partial charge in [0.05, 0.1) is 0 Å². The van der Waals surface area contributed by atoms with Crippen LogP contribution >= 0.6 is 31.9 Å². The maximum atomic E-state index is 12.3. The Labute approximate surface area is 142 Å². The van der Waals surface area contributed by atoms with Gasteiger partial charge < -0.3 is 5.32 Å². The lowest BCUT2D eigenvalue weighted by atomic mass is 10.1. The van der Waals surface area contributed by atoms with Crippen molar-refractivity contribution in [2.75, 3.05) is 5.33 Å². The second-order valence-corrected chi connectivity index (χ2v) is 6.48. The summed E-state index contributed by atoms with van der Waals surface area (Å²) in [5, 5.41) is 3.79. The Morgan fingerprint density at radius 2 is 1.90 bits per heavy atom. The molecule has 4 heteroatoms. The number of aryl methyl sites for hydroxylation is 1. The number of hydrogen-bond acceptors (Lipinski definition) is 1. The van der Waals surface area contributed by atoms with Crippen LogP contribution in [0.15, 0.2) is 53.0 Å². The van der Waals surface area contributed by atoms with Gasteiger partial charge in [-0.25, -0.2) is 0 Å². The van der Waals surface area contributed by atoms with Crippen LogP contribution in [-0.4, -0.2) is 17.3 Å². The first-order valence-corrected chi connectivity index (χ1v) is 8.68. The van der Waals surface area contributed by atoms with Crippen molar-refractivity contribution in [1.82, 2.24) is 5.32 Å². The van der Waals surface area contributed by atoms with Gasteiger partial charge in [0.1, 0.15) is 0 Å². The summed E-state index contributed by atoms with van der Waals surface area (Å²) in [6.07, 6.45) is 0.810. The summed E-state index contributed by atoms with van der Waals surface area (Å²) in [5.74, 6) is -0.0453. The quantitative estimate of drug-likeness (QED) is 0.722. The van der Waals surface area contributed by atoms with Gasteiger partial charge in [-0.15, -0.1) is 0 Å². The van der Waals surface area contributed by atoms with Crippen molar-refractivity contribution in [3.8, 4) is 0 Å². The van der Waals surface area contributed by atoms with Crippen LogP contribution in [0.3, 0.4) is 0 Å². The molecule has 1 N–H and O–H groups in total. The third-order valence-corrected chi connectivity index (χ3v) is 4.92. The van der Waals surface area contributed by atoms with E-state index in [1.807, 2.05) is 43.3 Å². The van der Waals surface area contributed by atoms with Gasteiger partial charge in [0.2, 0.25) is 0 Å². The van der Waals surface area contributed by atoms with E-state index < -0.39 is 0 Å². The summed E-state index contributed by atoms with van der Waals surface area (Å²) in [4.78, 5) is 12.3. The largest absolute Gasteiger partial charge is 0.348 e. The van der Waals surface area contributed by atoms with Crippen molar-refractivity contribution >= 4 is 37.8 Å². The van der Waals surface area contributed by atoms with Crippen LogP contribution < -0.4 is 5.32 Å². The summed E-state index contributed by atoms with van der Waals surface area (Å²) in [5.41, 5.74) is 3.01. The van der Waals surface area contributed by atoms with Gasteiger partial charge in [-0.2, -0.15) is 0 Å². The number of carbonyl (C=O) groups is 1. The maximum Gasteiger partial charge on any atom is 0.251 e. The fraction of sp³-hybridized carbons (Fsp3) is 0.235. The number of nitrogens with one attached hydrogen (secondary N) is 1. The summed E-state index contributed by atoms with van der Waals surface area (Å²) in [6, 6.07) is 15.9. The van der Waals surface area contributed by atoms with Crippen molar-refractivity contribution in [2.24, 2.45) is 0 Å². The average Bonchev–Trinajstić information content (AvgIpc) is 2.50. The molecule has 0 aliphatic rings. The first-order chi connectivity index (χ1) is 10.1. The van der Waals surface area contributed by atoms with Gasteiger partial charge >= 0.3 is 0 Å². The van der Waals surface area contributed by atoms with Gasteiger partial charge in [0.25, 0.3) is 5.91 Å². The number of rotatable bonds is 5. The molecule has 2 aromatic rings. The Morgan fingerprint density at radius 1 is 1.19 bits per heavy atom. The Bertz CT molecular complexity index is 613. The highest BCUT2D eigenvalue weighted by Gasteiger charge is 2.14. The lowest BCUT2D eigenvalue weighted by Crippen LogP contribution is -2.37. The van der Waals surface area contributed by atoms with Gasteiger partial charge in [0, 0.05) is 21.4 Å². The molecule has 0 saturated heterocycles. The van der Waals surface area contributed by atoms with E-state index in [0.29, 0.717) is 5.56 Å². The van der Waals surface area contributed by atoms with Crippen LogP contribution in [-0.2, 0) is 6.42 Å². The Balaban J connectivity index is 2.04. The predicted molar refractivity (Wildman–Crippen MR) is 94.1 cm³/mol. The van der Waals surface area contributed by atoms with Crippen molar-refractivity contribution < 1.29 is 4.79 Å². The molecule has 21 heavy (non-hydrogen) atoms. The van der Waals surface area contributed by atoms with Crippen LogP contribution in [0.5, 0.6) is 0 Å². The second-order valence-electron chi connectivity index (χ2n) is 4.98. The highest BCUT2D eigenvalue weighted by molar-refractivity contribution is 9.10. The normalized spacial score (nSPS) is 12.0. The fourth-order valence-electron chi connectivity index (χ4n) is 2.05. The molecule has 0 fully saturated rings. The third kappa shape index (κ3) is 4.68. The van der Waals surface area contributed by atoms with Crippen LogP contribution in [0.2, 0.25) is 0 Å². The number of hydrogen-bond donors (Lipinski definition) is 1. The molecule has 2 nitrogen and oxygen atoms in total. The molecule has 110 valence electrons. The minimum absolute atomic E-state index is 0.0453. The molecule has 0 aliphatic carbocycles. The molecule has 0 saturated carbocycles. The standard InChI is InChI=1S/C17H17Br2NO/c1-12-7-8-14(10-16(12)19)17(21)20-15(11-18)9-13-5-3-2-4-6-13/h2-8,10,15H,9,11H2,1H3,(H,20,21). The molecule has 0 heterocycles. The van der Waals surface area contributed by atoms with Gasteiger partial charge in [-0.3, -0.25) is 4.79 Å². The Hall–Kier alpha value is -1.13. The summed E-state index contributed by atoms with van der Waals surface area (Å²) in [7, 11) is 0. The number of carbonyl (C=O) groups excluding carboxylic acids is 1. The van der Waals surface area contributed by atoms with E-state index in [2.05, 4.69) is 49.3 Å². The number of halogens is 2. The van der Waals surface area contributed by atoms with Crippen molar-refractivity contribution in [1.29, 1.82) is 0 Å². The molecule has 0 aromatic heterocycles. The van der Waals surface area contributed by atoms with Crippen molar-refractivity contribution in [3.63, 3.8) is 0 Å². The van der Waals surface area contributed by atoms with E-state index in [-0.39, 0.29) is 11.9 Å².